The molecule has 4 N–H and O–H groups in total. The molecule has 2 saturated heterocycles. The fourth-order valence-electron chi connectivity index (χ4n) is 8.16. The number of hydrogen-bond donors (Lipinski definition) is 2. The van der Waals surface area contributed by atoms with Gasteiger partial charge in [-0.15, -0.1) is 11.3 Å². The van der Waals surface area contributed by atoms with Gasteiger partial charge < -0.3 is 25.8 Å². The highest BCUT2D eigenvalue weighted by molar-refractivity contribution is 7.23. The molecule has 3 aliphatic rings. The molecular formula is C37H31ClF6N8O2S. The summed E-state index contributed by atoms with van der Waals surface area (Å²) in [5.41, 5.74) is 11.5. The van der Waals surface area contributed by atoms with E-state index < -0.39 is 35.6 Å². The Kier molecular flexibility index (Phi) is 9.33. The third kappa shape index (κ3) is 6.39. The molecular weight excluding hydrogens is 770 g/mol. The van der Waals surface area contributed by atoms with Crippen LogP contribution in [-0.2, 0) is 0 Å². The lowest BCUT2D eigenvalue weighted by atomic mass is 9.95. The van der Waals surface area contributed by atoms with Gasteiger partial charge in [0, 0.05) is 41.8 Å². The van der Waals surface area contributed by atoms with Crippen LogP contribution in [0.5, 0.6) is 11.8 Å². The molecule has 5 aromatic rings. The average Bonchev–Trinajstić information content (AvgIpc) is 3.74. The second-order valence-electron chi connectivity index (χ2n) is 13.7. The molecule has 3 aliphatic heterocycles. The normalized spacial score (nSPS) is 20.5. The van der Waals surface area contributed by atoms with Crippen molar-refractivity contribution in [1.82, 2.24) is 19.9 Å². The van der Waals surface area contributed by atoms with E-state index in [1.807, 2.05) is 11.0 Å². The van der Waals surface area contributed by atoms with Crippen molar-refractivity contribution in [1.29, 1.82) is 5.26 Å². The maximum atomic E-state index is 17.4. The van der Waals surface area contributed by atoms with Crippen molar-refractivity contribution >= 4 is 60.6 Å². The van der Waals surface area contributed by atoms with Crippen LogP contribution in [0, 0.1) is 23.0 Å². The number of nitriles is 1. The molecule has 10 nitrogen and oxygen atoms in total. The summed E-state index contributed by atoms with van der Waals surface area (Å²) in [6.07, 6.45) is -1.68. The van der Waals surface area contributed by atoms with Crippen LogP contribution in [0.4, 0.5) is 43.0 Å². The number of rotatable bonds is 8. The number of nitrogens with zero attached hydrogens (tertiary/aromatic N) is 6. The molecule has 8 rings (SSSR count). The zero-order chi connectivity index (χ0) is 38.8. The first-order valence-electron chi connectivity index (χ1n) is 17.3. The van der Waals surface area contributed by atoms with E-state index in [0.717, 1.165) is 29.9 Å². The van der Waals surface area contributed by atoms with Crippen LogP contribution in [0.2, 0.25) is 5.02 Å². The molecule has 0 bridgehead atoms. The standard InChI is InChI=1S/C37H31ClF6N8O2S/c38-27-25(20-6-7-22(40)31-24(20)21(15-45)33(47)55-31)28(41)29-26-30(27)53-13-12-52(23(5-1-9-37(42,43)44)19-4-2-10-48-32(19)46)34(26)50-35(49-29)54-17-36-8-3-11-51(36)16-18(39)14-36/h1-2,4,6-7,9-10,18,23H,3,5,8,11-14,16-17,47H2,(H2,46,48)/b9-1-/t18-,23-,36+/m1/s1. The molecule has 3 atom stereocenters. The Morgan fingerprint density at radius 1 is 1.18 bits per heavy atom. The van der Waals surface area contributed by atoms with E-state index in [0.29, 0.717) is 18.5 Å². The number of allylic oxidation sites excluding steroid dienone is 1. The Bertz CT molecular complexity index is 2420. The number of nitrogens with two attached hydrogens (primary N) is 2. The summed E-state index contributed by atoms with van der Waals surface area (Å²) < 4.78 is 99.8. The van der Waals surface area contributed by atoms with Gasteiger partial charge in [0.05, 0.1) is 38.8 Å². The number of hydrogen-bond acceptors (Lipinski definition) is 11. The van der Waals surface area contributed by atoms with Gasteiger partial charge in [-0.05, 0) is 43.5 Å². The lowest BCUT2D eigenvalue weighted by molar-refractivity contribution is -0.0800. The van der Waals surface area contributed by atoms with E-state index in [1.165, 1.54) is 12.3 Å². The largest absolute Gasteiger partial charge is 0.489 e. The van der Waals surface area contributed by atoms with Gasteiger partial charge in [0.15, 0.2) is 11.6 Å². The summed E-state index contributed by atoms with van der Waals surface area (Å²) in [7, 11) is 0. The zero-order valence-electron chi connectivity index (χ0n) is 28.8. The molecule has 0 radical (unpaired) electrons. The summed E-state index contributed by atoms with van der Waals surface area (Å²) in [5, 5.41) is 9.78. The third-order valence-corrected chi connectivity index (χ3v) is 11.9. The summed E-state index contributed by atoms with van der Waals surface area (Å²) in [6.45, 7) is 0.795. The van der Waals surface area contributed by atoms with Crippen LogP contribution in [0.25, 0.3) is 32.1 Å². The number of benzene rings is 2. The SMILES string of the molecule is N#Cc1c(N)sc2c(F)ccc(-c3c(Cl)c4c5c(nc(OC[C@@]67CCCN6C[C@H](F)C7)nc5c3F)N([C@H](C/C=C\C(F)(F)F)c3cccnc3N)CCO4)c12. The number of aromatic nitrogens is 3. The molecule has 3 aromatic heterocycles. The zero-order valence-corrected chi connectivity index (χ0v) is 30.3. The van der Waals surface area contributed by atoms with E-state index >= 15 is 8.78 Å². The summed E-state index contributed by atoms with van der Waals surface area (Å²) >= 11 is 7.86. The molecule has 6 heterocycles. The maximum Gasteiger partial charge on any atom is 0.409 e. The molecule has 2 aromatic carbocycles. The van der Waals surface area contributed by atoms with Crippen LogP contribution in [0.1, 0.15) is 42.9 Å². The van der Waals surface area contributed by atoms with E-state index in [4.69, 9.17) is 37.5 Å². The number of anilines is 3. The molecule has 18 heteroatoms. The van der Waals surface area contributed by atoms with Gasteiger partial charge >= 0.3 is 12.2 Å². The highest BCUT2D eigenvalue weighted by Gasteiger charge is 2.49. The molecule has 2 fully saturated rings. The molecule has 286 valence electrons. The van der Waals surface area contributed by atoms with E-state index in [2.05, 4.69) is 9.97 Å². The van der Waals surface area contributed by atoms with E-state index in [-0.39, 0.29) is 116 Å². The number of pyridine rings is 1. The monoisotopic (exact) mass is 800 g/mol. The van der Waals surface area contributed by atoms with Crippen LogP contribution < -0.4 is 25.8 Å². The maximum absolute atomic E-state index is 17.4. The predicted octanol–water partition coefficient (Wildman–Crippen LogP) is 8.28. The Hall–Kier alpha value is -5.05. The van der Waals surface area contributed by atoms with Crippen LogP contribution in [0.15, 0.2) is 42.6 Å². The van der Waals surface area contributed by atoms with Gasteiger partial charge in [0.25, 0.3) is 0 Å². The first-order chi connectivity index (χ1) is 26.3. The van der Waals surface area contributed by atoms with Gasteiger partial charge in [-0.3, -0.25) is 4.90 Å². The van der Waals surface area contributed by atoms with Crippen molar-refractivity contribution in [2.24, 2.45) is 0 Å². The fourth-order valence-corrected chi connectivity index (χ4v) is 9.44. The van der Waals surface area contributed by atoms with Crippen LogP contribution in [-0.4, -0.2) is 70.6 Å². The number of halogens is 7. The first-order valence-corrected chi connectivity index (χ1v) is 18.5. The van der Waals surface area contributed by atoms with Crippen molar-refractivity contribution in [3.05, 3.63) is 70.4 Å². The number of fused-ring (bicyclic) bond motifs is 2. The van der Waals surface area contributed by atoms with Crippen molar-refractivity contribution in [3.63, 3.8) is 0 Å². The Morgan fingerprint density at radius 2 is 2.00 bits per heavy atom. The highest BCUT2D eigenvalue weighted by Crippen LogP contribution is 2.52. The second-order valence-corrected chi connectivity index (χ2v) is 15.1. The average molecular weight is 801 g/mol. The summed E-state index contributed by atoms with van der Waals surface area (Å²) in [4.78, 5) is 17.1. The Balaban J connectivity index is 1.36. The van der Waals surface area contributed by atoms with Gasteiger partial charge in [-0.2, -0.15) is 28.4 Å². The third-order valence-electron chi connectivity index (χ3n) is 10.5. The van der Waals surface area contributed by atoms with Crippen molar-refractivity contribution in [2.75, 3.05) is 49.2 Å². The minimum Gasteiger partial charge on any atom is -0.489 e. The quantitative estimate of drug-likeness (QED) is 0.116. The number of thiophene rings is 1. The van der Waals surface area contributed by atoms with Crippen molar-refractivity contribution < 1.29 is 35.8 Å². The van der Waals surface area contributed by atoms with Gasteiger partial charge in [-0.1, -0.05) is 29.8 Å². The number of alkyl halides is 4. The first kappa shape index (κ1) is 36.9. The summed E-state index contributed by atoms with van der Waals surface area (Å²) in [5.74, 6) is -1.67. The van der Waals surface area contributed by atoms with Gasteiger partial charge in [0.1, 0.15) is 53.4 Å². The summed E-state index contributed by atoms with van der Waals surface area (Å²) in [6, 6.07) is 6.34. The molecule has 55 heavy (non-hydrogen) atoms. The van der Waals surface area contributed by atoms with Crippen LogP contribution in [0.3, 0.4) is 0 Å². The lowest BCUT2D eigenvalue weighted by Gasteiger charge is -2.33. The fraction of sp³-hybridized carbons (Fsp3) is 0.351. The molecule has 0 aliphatic carbocycles. The molecule has 0 unspecified atom stereocenters. The minimum atomic E-state index is -4.60. The van der Waals surface area contributed by atoms with Gasteiger partial charge in [-0.25, -0.2) is 18.2 Å². The minimum absolute atomic E-state index is 0.00589. The second kappa shape index (κ2) is 13.9. The van der Waals surface area contributed by atoms with E-state index in [1.54, 1.807) is 17.0 Å². The highest BCUT2D eigenvalue weighted by atomic mass is 35.5. The molecule has 0 amide bonds. The number of nitrogen functional groups attached to an aromatic ring is 2. The van der Waals surface area contributed by atoms with Crippen molar-refractivity contribution in [2.45, 2.75) is 49.6 Å². The van der Waals surface area contributed by atoms with Gasteiger partial charge in [0.2, 0.25) is 0 Å². The molecule has 0 spiro atoms. The topological polar surface area (TPSA) is 139 Å². The predicted molar refractivity (Wildman–Crippen MR) is 197 cm³/mol. The van der Waals surface area contributed by atoms with Crippen molar-refractivity contribution in [3.8, 4) is 29.0 Å². The number of ether oxygens (including phenoxy) is 2. The Labute approximate surface area is 318 Å². The Morgan fingerprint density at radius 3 is 2.76 bits per heavy atom. The van der Waals surface area contributed by atoms with Crippen LogP contribution >= 0.6 is 22.9 Å². The molecule has 0 saturated carbocycles. The lowest BCUT2D eigenvalue weighted by Crippen LogP contribution is -2.43. The van der Waals surface area contributed by atoms with E-state index in [9.17, 15) is 22.8 Å². The smallest absolute Gasteiger partial charge is 0.409 e.